The average Bonchev–Trinajstić information content (AvgIpc) is 2.74. The number of benzene rings is 3. The van der Waals surface area contributed by atoms with Gasteiger partial charge >= 0.3 is 0 Å². The second kappa shape index (κ2) is 8.06. The topological polar surface area (TPSA) is 53.6 Å². The summed E-state index contributed by atoms with van der Waals surface area (Å²) in [5.41, 5.74) is 1.33. The molecule has 3 aromatic rings. The summed E-state index contributed by atoms with van der Waals surface area (Å²) >= 11 is 15.3. The van der Waals surface area contributed by atoms with Crippen LogP contribution >= 0.6 is 39.7 Å². The van der Waals surface area contributed by atoms with Crippen LogP contribution in [0.25, 0.3) is 0 Å². The van der Waals surface area contributed by atoms with Crippen LogP contribution in [-0.2, 0) is 4.79 Å². The molecule has 0 saturated carbocycles. The smallest absolute Gasteiger partial charge is 0.236 e. The maximum Gasteiger partial charge on any atom is 0.236 e. The Morgan fingerprint density at radius 3 is 2.66 bits per heavy atom. The first-order valence-electron chi connectivity index (χ1n) is 10.1. The number of hydrogen-bond donors (Lipinski definition) is 2. The number of carbonyl (C=O) groups is 1. The normalized spacial score (nSPS) is 23.6. The van der Waals surface area contributed by atoms with Gasteiger partial charge in [0.1, 0.15) is 11.7 Å². The lowest BCUT2D eigenvalue weighted by Gasteiger charge is -2.56. The van der Waals surface area contributed by atoms with Crippen molar-refractivity contribution >= 4 is 62.1 Å². The third kappa shape index (κ3) is 3.54. The van der Waals surface area contributed by atoms with Gasteiger partial charge in [0.15, 0.2) is 10.8 Å². The fourth-order valence-electron chi connectivity index (χ4n) is 4.49. The Balaban J connectivity index is 1.61. The van der Waals surface area contributed by atoms with Gasteiger partial charge in [-0.25, -0.2) is 0 Å². The summed E-state index contributed by atoms with van der Waals surface area (Å²) in [4.78, 5) is 15.6. The van der Waals surface area contributed by atoms with E-state index in [0.717, 1.165) is 21.5 Å². The molecule has 32 heavy (non-hydrogen) atoms. The number of rotatable bonds is 3. The highest BCUT2D eigenvalue weighted by atomic mass is 79.9. The van der Waals surface area contributed by atoms with Crippen LogP contribution in [0.1, 0.15) is 18.5 Å². The van der Waals surface area contributed by atoms with Crippen molar-refractivity contribution < 1.29 is 9.53 Å². The molecule has 5 nitrogen and oxygen atoms in total. The molecule has 1 fully saturated rings. The van der Waals surface area contributed by atoms with Crippen LogP contribution in [0.15, 0.2) is 77.3 Å². The molecular formula is C24H19BrClN3O2S. The van der Waals surface area contributed by atoms with E-state index in [4.69, 9.17) is 28.6 Å². The minimum absolute atomic E-state index is 0.177. The second-order valence-electron chi connectivity index (χ2n) is 7.91. The van der Waals surface area contributed by atoms with E-state index < -0.39 is 11.6 Å². The van der Waals surface area contributed by atoms with Gasteiger partial charge in [0.25, 0.3) is 0 Å². The molecule has 2 heterocycles. The van der Waals surface area contributed by atoms with E-state index in [1.54, 1.807) is 24.3 Å². The highest BCUT2D eigenvalue weighted by molar-refractivity contribution is 9.10. The Morgan fingerprint density at radius 2 is 1.91 bits per heavy atom. The summed E-state index contributed by atoms with van der Waals surface area (Å²) in [7, 11) is 0. The molecule has 2 bridgehead atoms. The van der Waals surface area contributed by atoms with Gasteiger partial charge < -0.3 is 15.4 Å². The molecule has 3 atom stereocenters. The van der Waals surface area contributed by atoms with E-state index in [0.29, 0.717) is 15.8 Å². The van der Waals surface area contributed by atoms with Crippen molar-refractivity contribution in [2.75, 3.05) is 10.2 Å². The maximum absolute atomic E-state index is 13.7. The van der Waals surface area contributed by atoms with Crippen molar-refractivity contribution in [1.82, 2.24) is 5.32 Å². The predicted molar refractivity (Wildman–Crippen MR) is 134 cm³/mol. The van der Waals surface area contributed by atoms with E-state index in [1.807, 2.05) is 60.4 Å². The summed E-state index contributed by atoms with van der Waals surface area (Å²) in [6.07, 6.45) is 0. The predicted octanol–water partition coefficient (Wildman–Crippen LogP) is 5.90. The first-order chi connectivity index (χ1) is 15.4. The monoisotopic (exact) mass is 527 g/mol. The molecule has 1 amide bonds. The van der Waals surface area contributed by atoms with Gasteiger partial charge in [0, 0.05) is 26.4 Å². The van der Waals surface area contributed by atoms with Crippen molar-refractivity contribution in [1.29, 1.82) is 0 Å². The highest BCUT2D eigenvalue weighted by Gasteiger charge is 2.59. The summed E-state index contributed by atoms with van der Waals surface area (Å²) < 4.78 is 7.46. The largest absolute Gasteiger partial charge is 0.467 e. The number of nitrogens with zero attached hydrogens (tertiary/aromatic N) is 1. The van der Waals surface area contributed by atoms with E-state index >= 15 is 0 Å². The fourth-order valence-corrected chi connectivity index (χ4v) is 5.41. The summed E-state index contributed by atoms with van der Waals surface area (Å²) in [6, 6.07) is 22.2. The zero-order valence-corrected chi connectivity index (χ0v) is 20.2. The number of ether oxygens (including phenoxy) is 1. The van der Waals surface area contributed by atoms with Crippen LogP contribution in [0.5, 0.6) is 5.75 Å². The molecule has 1 saturated heterocycles. The van der Waals surface area contributed by atoms with E-state index in [1.165, 1.54) is 0 Å². The van der Waals surface area contributed by atoms with E-state index in [-0.39, 0.29) is 11.9 Å². The van der Waals surface area contributed by atoms with Crippen molar-refractivity contribution in [3.05, 3.63) is 87.9 Å². The van der Waals surface area contributed by atoms with Gasteiger partial charge in [-0.1, -0.05) is 51.8 Å². The van der Waals surface area contributed by atoms with Gasteiger partial charge in [-0.15, -0.1) is 0 Å². The lowest BCUT2D eigenvalue weighted by Crippen LogP contribution is -2.72. The maximum atomic E-state index is 13.7. The molecule has 3 aromatic carbocycles. The Kier molecular flexibility index (Phi) is 5.35. The number of halogens is 2. The Morgan fingerprint density at radius 1 is 1.16 bits per heavy atom. The average molecular weight is 529 g/mol. The van der Waals surface area contributed by atoms with Crippen molar-refractivity contribution in [3.8, 4) is 5.75 Å². The van der Waals surface area contributed by atoms with Crippen LogP contribution in [-0.4, -0.2) is 16.7 Å². The molecule has 2 aliphatic rings. The molecule has 0 unspecified atom stereocenters. The SMILES string of the molecule is C[C@]12Oc3ccccc3[C@@H](NC(=S)N1c1cccc(Br)c1)[C@H]2C(=O)Nc1ccc(Cl)cc1. The Labute approximate surface area is 204 Å². The van der Waals surface area contributed by atoms with Crippen molar-refractivity contribution in [2.24, 2.45) is 5.92 Å². The summed E-state index contributed by atoms with van der Waals surface area (Å²) in [5, 5.41) is 7.53. The number of fused-ring (bicyclic) bond motifs is 4. The minimum Gasteiger partial charge on any atom is -0.467 e. The second-order valence-corrected chi connectivity index (χ2v) is 9.65. The summed E-state index contributed by atoms with van der Waals surface area (Å²) in [5.74, 6) is -0.0476. The van der Waals surface area contributed by atoms with Gasteiger partial charge in [0.2, 0.25) is 5.91 Å². The Bertz CT molecular complexity index is 1220. The van der Waals surface area contributed by atoms with Crippen LogP contribution in [0, 0.1) is 5.92 Å². The first kappa shape index (κ1) is 21.2. The molecule has 162 valence electrons. The summed E-state index contributed by atoms with van der Waals surface area (Å²) in [6.45, 7) is 1.91. The quantitative estimate of drug-likeness (QED) is 0.415. The van der Waals surface area contributed by atoms with E-state index in [2.05, 4.69) is 26.6 Å². The van der Waals surface area contributed by atoms with Crippen LogP contribution < -0.4 is 20.3 Å². The number of hydrogen-bond acceptors (Lipinski definition) is 3. The molecule has 0 aromatic heterocycles. The number of carbonyl (C=O) groups excluding carboxylic acids is 1. The van der Waals surface area contributed by atoms with Gasteiger partial charge in [-0.05, 0) is 67.7 Å². The number of para-hydroxylation sites is 1. The molecule has 0 radical (unpaired) electrons. The third-order valence-corrected chi connectivity index (χ3v) is 6.91. The number of thiocarbonyl (C=S) groups is 1. The van der Waals surface area contributed by atoms with E-state index in [9.17, 15) is 4.79 Å². The van der Waals surface area contributed by atoms with Crippen molar-refractivity contribution in [2.45, 2.75) is 18.7 Å². The van der Waals surface area contributed by atoms with Crippen LogP contribution in [0.4, 0.5) is 11.4 Å². The first-order valence-corrected chi connectivity index (χ1v) is 11.7. The molecule has 8 heteroatoms. The molecular weight excluding hydrogens is 510 g/mol. The molecule has 2 N–H and O–H groups in total. The lowest BCUT2D eigenvalue weighted by atomic mass is 9.78. The molecule has 2 aliphatic heterocycles. The highest BCUT2D eigenvalue weighted by Crippen LogP contribution is 2.49. The zero-order valence-electron chi connectivity index (χ0n) is 17.0. The lowest BCUT2D eigenvalue weighted by molar-refractivity contribution is -0.130. The fraction of sp³-hybridized carbons (Fsp3) is 0.167. The van der Waals surface area contributed by atoms with Crippen molar-refractivity contribution in [3.63, 3.8) is 0 Å². The van der Waals surface area contributed by atoms with Crippen LogP contribution in [0.3, 0.4) is 0 Å². The molecule has 0 spiro atoms. The molecule has 5 rings (SSSR count). The zero-order chi connectivity index (χ0) is 22.5. The number of nitrogens with one attached hydrogen (secondary N) is 2. The Hall–Kier alpha value is -2.61. The van der Waals surface area contributed by atoms with Crippen LogP contribution in [0.2, 0.25) is 5.02 Å². The molecule has 0 aliphatic carbocycles. The number of anilines is 2. The standard InChI is InChI=1S/C24H19BrClN3O2S/c1-24-20(22(30)27-16-11-9-15(26)10-12-16)21(18-7-2-3-8-19(18)31-24)28-23(32)29(24)17-6-4-5-14(25)13-17/h2-13,20-21H,1H3,(H,27,30)(H,28,32)/t20-,21+,24+/m0/s1. The third-order valence-electron chi connectivity index (χ3n) is 5.87. The van der Waals surface area contributed by atoms with Gasteiger partial charge in [-0.3, -0.25) is 9.69 Å². The van der Waals surface area contributed by atoms with Gasteiger partial charge in [0.05, 0.1) is 6.04 Å². The number of amides is 1. The van der Waals surface area contributed by atoms with Gasteiger partial charge in [-0.2, -0.15) is 0 Å². The minimum atomic E-state index is -1.06.